The number of anilines is 1. The summed E-state index contributed by atoms with van der Waals surface area (Å²) in [6, 6.07) is 8.04. The maximum atomic E-state index is 4.46. The first kappa shape index (κ1) is 13.5. The molecule has 1 aromatic heterocycles. The minimum atomic E-state index is 0.723. The van der Waals surface area contributed by atoms with Crippen LogP contribution in [-0.4, -0.2) is 15.9 Å². The summed E-state index contributed by atoms with van der Waals surface area (Å²) in [4.78, 5) is 0. The highest BCUT2D eigenvalue weighted by atomic mass is 15.3. The van der Waals surface area contributed by atoms with Crippen molar-refractivity contribution in [3.63, 3.8) is 0 Å². The number of hydrazone groups is 1. The number of aromatic nitrogens is 2. The monoisotopic (exact) mass is 256 g/mol. The van der Waals surface area contributed by atoms with Gasteiger partial charge < -0.3 is 0 Å². The SMILES string of the molecule is CCCC/C(CC)=N\Nc1nncc2ccccc12. The lowest BCUT2D eigenvalue weighted by molar-refractivity contribution is 0.824. The van der Waals surface area contributed by atoms with Gasteiger partial charge in [-0.3, -0.25) is 5.43 Å². The molecule has 100 valence electrons. The second-order valence-corrected chi connectivity index (χ2v) is 4.53. The van der Waals surface area contributed by atoms with Gasteiger partial charge in [-0.2, -0.15) is 10.2 Å². The Morgan fingerprint density at radius 1 is 1.26 bits per heavy atom. The molecule has 0 saturated heterocycles. The van der Waals surface area contributed by atoms with Gasteiger partial charge in [-0.05, 0) is 19.3 Å². The summed E-state index contributed by atoms with van der Waals surface area (Å²) in [5, 5.41) is 14.7. The van der Waals surface area contributed by atoms with Crippen molar-refractivity contribution >= 4 is 22.3 Å². The standard InChI is InChI=1S/C15H20N4/c1-3-5-9-13(4-2)17-19-15-14-10-7-6-8-12(14)11-16-18-15/h6-8,10-11H,3-5,9H2,1-2H3,(H,18,19)/b17-13-. The van der Waals surface area contributed by atoms with Crippen LogP contribution in [0.4, 0.5) is 5.82 Å². The number of hydrogen-bond donors (Lipinski definition) is 1. The van der Waals surface area contributed by atoms with Crippen LogP contribution >= 0.6 is 0 Å². The summed E-state index contributed by atoms with van der Waals surface area (Å²) in [6.45, 7) is 4.32. The van der Waals surface area contributed by atoms with Crippen LogP contribution in [0.5, 0.6) is 0 Å². The highest BCUT2D eigenvalue weighted by Gasteiger charge is 2.02. The lowest BCUT2D eigenvalue weighted by atomic mass is 10.1. The molecule has 0 aliphatic heterocycles. The highest BCUT2D eigenvalue weighted by Crippen LogP contribution is 2.19. The van der Waals surface area contributed by atoms with E-state index in [0.717, 1.165) is 29.4 Å². The second-order valence-electron chi connectivity index (χ2n) is 4.53. The van der Waals surface area contributed by atoms with Crippen LogP contribution in [0, 0.1) is 0 Å². The van der Waals surface area contributed by atoms with E-state index in [1.807, 2.05) is 24.3 Å². The minimum Gasteiger partial charge on any atom is -0.259 e. The summed E-state index contributed by atoms with van der Waals surface area (Å²) in [6.07, 6.45) is 6.13. The Balaban J connectivity index is 2.18. The van der Waals surface area contributed by atoms with Crippen LogP contribution in [0.15, 0.2) is 35.6 Å². The molecule has 4 nitrogen and oxygen atoms in total. The second kappa shape index (κ2) is 6.83. The van der Waals surface area contributed by atoms with Crippen LogP contribution < -0.4 is 5.43 Å². The molecule has 1 N–H and O–H groups in total. The Hall–Kier alpha value is -1.97. The first-order valence-corrected chi connectivity index (χ1v) is 6.87. The van der Waals surface area contributed by atoms with Crippen molar-refractivity contribution in [3.8, 4) is 0 Å². The predicted molar refractivity (Wildman–Crippen MR) is 80.4 cm³/mol. The zero-order valence-corrected chi connectivity index (χ0v) is 11.6. The molecule has 1 aromatic carbocycles. The fraction of sp³-hybridized carbons (Fsp3) is 0.400. The summed E-state index contributed by atoms with van der Waals surface area (Å²) in [7, 11) is 0. The molecule has 4 heteroatoms. The Morgan fingerprint density at radius 3 is 2.89 bits per heavy atom. The van der Waals surface area contributed by atoms with Gasteiger partial charge in [0.15, 0.2) is 5.82 Å². The summed E-state index contributed by atoms with van der Waals surface area (Å²) in [5.41, 5.74) is 4.24. The van der Waals surface area contributed by atoms with Crippen LogP contribution in [0.2, 0.25) is 0 Å². The van der Waals surface area contributed by atoms with E-state index in [4.69, 9.17) is 0 Å². The van der Waals surface area contributed by atoms with Gasteiger partial charge in [0.25, 0.3) is 0 Å². The van der Waals surface area contributed by atoms with Crippen molar-refractivity contribution in [1.29, 1.82) is 0 Å². The molecule has 0 spiro atoms. The molecule has 0 fully saturated rings. The Labute approximate surface area is 113 Å². The average molecular weight is 256 g/mol. The minimum absolute atomic E-state index is 0.723. The molecule has 0 unspecified atom stereocenters. The van der Waals surface area contributed by atoms with E-state index in [2.05, 4.69) is 34.6 Å². The van der Waals surface area contributed by atoms with Crippen molar-refractivity contribution in [3.05, 3.63) is 30.5 Å². The number of fused-ring (bicyclic) bond motifs is 1. The first-order valence-electron chi connectivity index (χ1n) is 6.87. The van der Waals surface area contributed by atoms with Crippen LogP contribution in [0.1, 0.15) is 39.5 Å². The largest absolute Gasteiger partial charge is 0.259 e. The first-order chi connectivity index (χ1) is 9.35. The zero-order chi connectivity index (χ0) is 13.5. The highest BCUT2D eigenvalue weighted by molar-refractivity contribution is 5.91. The fourth-order valence-corrected chi connectivity index (χ4v) is 1.94. The van der Waals surface area contributed by atoms with Gasteiger partial charge in [-0.25, -0.2) is 0 Å². The Bertz CT molecular complexity index is 558. The maximum absolute atomic E-state index is 4.46. The number of hydrogen-bond acceptors (Lipinski definition) is 4. The van der Waals surface area contributed by atoms with Gasteiger partial charge >= 0.3 is 0 Å². The third-order valence-electron chi connectivity index (χ3n) is 3.12. The van der Waals surface area contributed by atoms with E-state index in [0.29, 0.717) is 0 Å². The van der Waals surface area contributed by atoms with Gasteiger partial charge in [0.2, 0.25) is 0 Å². The van der Waals surface area contributed by atoms with E-state index >= 15 is 0 Å². The molecule has 2 rings (SSSR count). The number of benzene rings is 1. The van der Waals surface area contributed by atoms with Crippen molar-refractivity contribution < 1.29 is 0 Å². The molecule has 19 heavy (non-hydrogen) atoms. The van der Waals surface area contributed by atoms with Crippen molar-refractivity contribution in [1.82, 2.24) is 10.2 Å². The number of nitrogens with one attached hydrogen (secondary N) is 1. The molecule has 0 aliphatic carbocycles. The molecule has 0 atom stereocenters. The fourth-order valence-electron chi connectivity index (χ4n) is 1.94. The molecule has 0 bridgehead atoms. The van der Waals surface area contributed by atoms with Gasteiger partial charge in [0, 0.05) is 16.5 Å². The summed E-state index contributed by atoms with van der Waals surface area (Å²) in [5.74, 6) is 0.723. The number of nitrogens with zero attached hydrogens (tertiary/aromatic N) is 3. The van der Waals surface area contributed by atoms with E-state index < -0.39 is 0 Å². The van der Waals surface area contributed by atoms with Crippen LogP contribution in [0.3, 0.4) is 0 Å². The van der Waals surface area contributed by atoms with Gasteiger partial charge in [0.05, 0.1) is 6.20 Å². The lowest BCUT2D eigenvalue weighted by Gasteiger charge is -2.06. The molecule has 1 heterocycles. The smallest absolute Gasteiger partial charge is 0.176 e. The predicted octanol–water partition coefficient (Wildman–Crippen LogP) is 4.00. The van der Waals surface area contributed by atoms with Crippen molar-refractivity contribution in [2.24, 2.45) is 5.10 Å². The molecule has 0 saturated carbocycles. The van der Waals surface area contributed by atoms with Crippen LogP contribution in [0.25, 0.3) is 10.8 Å². The van der Waals surface area contributed by atoms with Crippen LogP contribution in [-0.2, 0) is 0 Å². The van der Waals surface area contributed by atoms with Gasteiger partial charge in [0.1, 0.15) is 0 Å². The Kier molecular flexibility index (Phi) is 4.84. The van der Waals surface area contributed by atoms with E-state index in [1.165, 1.54) is 18.6 Å². The van der Waals surface area contributed by atoms with Crippen molar-refractivity contribution in [2.75, 3.05) is 5.43 Å². The van der Waals surface area contributed by atoms with E-state index in [-0.39, 0.29) is 0 Å². The van der Waals surface area contributed by atoms with Crippen molar-refractivity contribution in [2.45, 2.75) is 39.5 Å². The molecule has 0 amide bonds. The number of rotatable bonds is 6. The van der Waals surface area contributed by atoms with E-state index in [1.54, 1.807) is 6.20 Å². The quantitative estimate of drug-likeness (QED) is 0.628. The van der Waals surface area contributed by atoms with E-state index in [9.17, 15) is 0 Å². The summed E-state index contributed by atoms with van der Waals surface area (Å²) >= 11 is 0. The molecule has 0 radical (unpaired) electrons. The topological polar surface area (TPSA) is 50.2 Å². The average Bonchev–Trinajstić information content (AvgIpc) is 2.47. The normalized spacial score (nSPS) is 11.8. The summed E-state index contributed by atoms with van der Waals surface area (Å²) < 4.78 is 0. The third-order valence-corrected chi connectivity index (χ3v) is 3.12. The molecular formula is C15H20N4. The molecular weight excluding hydrogens is 236 g/mol. The lowest BCUT2D eigenvalue weighted by Crippen LogP contribution is -2.03. The Morgan fingerprint density at radius 2 is 2.11 bits per heavy atom. The number of unbranched alkanes of at least 4 members (excludes halogenated alkanes) is 1. The third kappa shape index (κ3) is 3.50. The van der Waals surface area contributed by atoms with Gasteiger partial charge in [-0.15, -0.1) is 5.10 Å². The van der Waals surface area contributed by atoms with Gasteiger partial charge in [-0.1, -0.05) is 44.5 Å². The molecule has 2 aromatic rings. The zero-order valence-electron chi connectivity index (χ0n) is 11.6. The molecule has 0 aliphatic rings. The maximum Gasteiger partial charge on any atom is 0.176 e.